The zero-order valence-electron chi connectivity index (χ0n) is 10.3. The number of hydrogen-bond donors (Lipinski definition) is 1. The minimum absolute atomic E-state index is 0.194. The first-order valence-corrected chi connectivity index (χ1v) is 7.33. The van der Waals surface area contributed by atoms with Crippen LogP contribution in [-0.2, 0) is 16.6 Å². The summed E-state index contributed by atoms with van der Waals surface area (Å²) >= 11 is 0. The van der Waals surface area contributed by atoms with Gasteiger partial charge in [-0.25, -0.2) is 13.1 Å². The number of methoxy groups -OCH3 is 1. The van der Waals surface area contributed by atoms with Gasteiger partial charge in [-0.1, -0.05) is 25.5 Å². The zero-order valence-corrected chi connectivity index (χ0v) is 11.1. The van der Waals surface area contributed by atoms with Crippen molar-refractivity contribution in [1.29, 1.82) is 0 Å². The van der Waals surface area contributed by atoms with E-state index >= 15 is 0 Å². The highest BCUT2D eigenvalue weighted by atomic mass is 32.2. The van der Waals surface area contributed by atoms with Gasteiger partial charge in [0.05, 0.1) is 12.9 Å². The van der Waals surface area contributed by atoms with Crippen molar-refractivity contribution in [2.24, 2.45) is 0 Å². The summed E-state index contributed by atoms with van der Waals surface area (Å²) in [7, 11) is -1.54. The van der Waals surface area contributed by atoms with Gasteiger partial charge < -0.3 is 4.74 Å². The molecule has 0 atom stereocenters. The van der Waals surface area contributed by atoms with Crippen molar-refractivity contribution < 1.29 is 13.2 Å². The van der Waals surface area contributed by atoms with Crippen molar-refractivity contribution in [2.45, 2.75) is 26.3 Å². The number of ether oxygens (including phenoxy) is 1. The maximum absolute atomic E-state index is 11.6. The van der Waals surface area contributed by atoms with Gasteiger partial charge in [-0.3, -0.25) is 0 Å². The Morgan fingerprint density at radius 2 is 1.88 bits per heavy atom. The lowest BCUT2D eigenvalue weighted by Crippen LogP contribution is -2.25. The average Bonchev–Trinajstić information content (AvgIpc) is 2.35. The predicted molar refractivity (Wildman–Crippen MR) is 68.5 cm³/mol. The second-order valence-corrected chi connectivity index (χ2v) is 5.77. The summed E-state index contributed by atoms with van der Waals surface area (Å²) in [6.07, 6.45) is 1.57. The fraction of sp³-hybridized carbons (Fsp3) is 0.500. The molecular weight excluding hydrogens is 238 g/mol. The van der Waals surface area contributed by atoms with Crippen molar-refractivity contribution in [2.75, 3.05) is 12.9 Å². The topological polar surface area (TPSA) is 55.4 Å². The largest absolute Gasteiger partial charge is 0.497 e. The Morgan fingerprint density at radius 1 is 1.24 bits per heavy atom. The van der Waals surface area contributed by atoms with E-state index in [1.165, 1.54) is 0 Å². The van der Waals surface area contributed by atoms with Crippen LogP contribution in [0.15, 0.2) is 24.3 Å². The lowest BCUT2D eigenvalue weighted by Gasteiger charge is -2.06. The van der Waals surface area contributed by atoms with Crippen molar-refractivity contribution in [3.05, 3.63) is 29.8 Å². The van der Waals surface area contributed by atoms with Crippen molar-refractivity contribution in [1.82, 2.24) is 4.72 Å². The molecule has 0 aliphatic rings. The van der Waals surface area contributed by atoms with Gasteiger partial charge in [-0.05, 0) is 24.1 Å². The molecule has 1 rings (SSSR count). The Bertz CT molecular complexity index is 426. The van der Waals surface area contributed by atoms with Crippen LogP contribution in [-0.4, -0.2) is 21.3 Å². The Morgan fingerprint density at radius 3 is 2.41 bits per heavy atom. The monoisotopic (exact) mass is 257 g/mol. The molecule has 0 saturated carbocycles. The third-order valence-corrected chi connectivity index (χ3v) is 3.83. The Balaban J connectivity index is 2.49. The molecule has 0 aliphatic carbocycles. The van der Waals surface area contributed by atoms with E-state index in [0.29, 0.717) is 13.0 Å². The summed E-state index contributed by atoms with van der Waals surface area (Å²) in [5, 5.41) is 0. The molecule has 0 bridgehead atoms. The maximum atomic E-state index is 11.6. The lowest BCUT2D eigenvalue weighted by atomic mass is 10.2. The first-order chi connectivity index (χ1) is 8.07. The molecule has 0 spiro atoms. The number of unbranched alkanes of at least 4 members (excludes halogenated alkanes) is 1. The van der Waals surface area contributed by atoms with E-state index in [0.717, 1.165) is 17.7 Å². The average molecular weight is 257 g/mol. The van der Waals surface area contributed by atoms with E-state index in [2.05, 4.69) is 4.72 Å². The highest BCUT2D eigenvalue weighted by Gasteiger charge is 2.08. The minimum atomic E-state index is -3.14. The standard InChI is InChI=1S/C12H19NO3S/c1-3-4-9-17(14,15)13-10-11-5-7-12(16-2)8-6-11/h5-8,13H,3-4,9-10H2,1-2H3. The van der Waals surface area contributed by atoms with Crippen molar-refractivity contribution in [3.8, 4) is 5.75 Å². The molecule has 96 valence electrons. The Hall–Kier alpha value is -1.07. The van der Waals surface area contributed by atoms with E-state index in [1.807, 2.05) is 31.2 Å². The number of benzene rings is 1. The van der Waals surface area contributed by atoms with E-state index in [4.69, 9.17) is 4.74 Å². The summed E-state index contributed by atoms with van der Waals surface area (Å²) in [6.45, 7) is 2.30. The van der Waals surface area contributed by atoms with Crippen molar-refractivity contribution >= 4 is 10.0 Å². The maximum Gasteiger partial charge on any atom is 0.211 e. The quantitative estimate of drug-likeness (QED) is 0.812. The second kappa shape index (κ2) is 6.61. The van der Waals surface area contributed by atoms with Crippen LogP contribution in [0.25, 0.3) is 0 Å². The second-order valence-electron chi connectivity index (χ2n) is 3.84. The predicted octanol–water partition coefficient (Wildman–Crippen LogP) is 1.91. The fourth-order valence-electron chi connectivity index (χ4n) is 1.34. The SMILES string of the molecule is CCCCS(=O)(=O)NCc1ccc(OC)cc1. The molecule has 1 aromatic carbocycles. The molecule has 0 radical (unpaired) electrons. The molecule has 0 fully saturated rings. The highest BCUT2D eigenvalue weighted by molar-refractivity contribution is 7.89. The molecule has 0 aliphatic heterocycles. The molecule has 5 heteroatoms. The zero-order chi connectivity index (χ0) is 12.7. The van der Waals surface area contributed by atoms with Crippen LogP contribution in [0.4, 0.5) is 0 Å². The van der Waals surface area contributed by atoms with E-state index < -0.39 is 10.0 Å². The molecule has 4 nitrogen and oxygen atoms in total. The van der Waals surface area contributed by atoms with Crippen LogP contribution in [0.3, 0.4) is 0 Å². The normalized spacial score (nSPS) is 11.4. The lowest BCUT2D eigenvalue weighted by molar-refractivity contribution is 0.414. The van der Waals surface area contributed by atoms with Crippen LogP contribution in [0.1, 0.15) is 25.3 Å². The van der Waals surface area contributed by atoms with Crippen LogP contribution in [0.5, 0.6) is 5.75 Å². The van der Waals surface area contributed by atoms with E-state index in [9.17, 15) is 8.42 Å². The Kier molecular flexibility index (Phi) is 5.44. The third-order valence-electron chi connectivity index (χ3n) is 2.42. The van der Waals surface area contributed by atoms with Gasteiger partial charge in [0, 0.05) is 6.54 Å². The smallest absolute Gasteiger partial charge is 0.211 e. The first kappa shape index (κ1) is 14.0. The van der Waals surface area contributed by atoms with E-state index in [1.54, 1.807) is 7.11 Å². The fourth-order valence-corrected chi connectivity index (χ4v) is 2.54. The molecule has 0 aromatic heterocycles. The number of hydrogen-bond acceptors (Lipinski definition) is 3. The molecule has 1 aromatic rings. The molecule has 17 heavy (non-hydrogen) atoms. The van der Waals surface area contributed by atoms with Gasteiger partial charge >= 0.3 is 0 Å². The van der Waals surface area contributed by atoms with Gasteiger partial charge in [0.2, 0.25) is 10.0 Å². The van der Waals surface area contributed by atoms with E-state index in [-0.39, 0.29) is 5.75 Å². The molecule has 0 heterocycles. The number of nitrogens with one attached hydrogen (secondary N) is 1. The minimum Gasteiger partial charge on any atom is -0.497 e. The summed E-state index contributed by atoms with van der Waals surface area (Å²) in [5.41, 5.74) is 0.922. The van der Waals surface area contributed by atoms with Crippen LogP contribution >= 0.6 is 0 Å². The van der Waals surface area contributed by atoms with Gasteiger partial charge in [-0.2, -0.15) is 0 Å². The van der Waals surface area contributed by atoms with Crippen LogP contribution in [0, 0.1) is 0 Å². The molecule has 0 unspecified atom stereocenters. The highest BCUT2D eigenvalue weighted by Crippen LogP contribution is 2.11. The van der Waals surface area contributed by atoms with Gasteiger partial charge in [0.25, 0.3) is 0 Å². The summed E-state index contributed by atoms with van der Waals surface area (Å²) < 4.78 is 30.7. The number of rotatable bonds is 7. The van der Waals surface area contributed by atoms with Gasteiger partial charge in [0.15, 0.2) is 0 Å². The summed E-state index contributed by atoms with van der Waals surface area (Å²) in [6, 6.07) is 7.33. The Labute approximate surface area is 103 Å². The number of sulfonamides is 1. The summed E-state index contributed by atoms with van der Waals surface area (Å²) in [4.78, 5) is 0. The van der Waals surface area contributed by atoms with Gasteiger partial charge in [-0.15, -0.1) is 0 Å². The van der Waals surface area contributed by atoms with Crippen LogP contribution < -0.4 is 9.46 Å². The van der Waals surface area contributed by atoms with Crippen LogP contribution in [0.2, 0.25) is 0 Å². The van der Waals surface area contributed by atoms with Gasteiger partial charge in [0.1, 0.15) is 5.75 Å². The molecular formula is C12H19NO3S. The summed E-state index contributed by atoms with van der Waals surface area (Å²) in [5.74, 6) is 0.960. The molecule has 0 amide bonds. The first-order valence-electron chi connectivity index (χ1n) is 5.67. The van der Waals surface area contributed by atoms with Crippen molar-refractivity contribution in [3.63, 3.8) is 0 Å². The molecule has 1 N–H and O–H groups in total. The third kappa shape index (κ3) is 5.19. The molecule has 0 saturated heterocycles.